The Kier molecular flexibility index (Phi) is 6.05. The first-order valence-corrected chi connectivity index (χ1v) is 11.5. The van der Waals surface area contributed by atoms with Crippen molar-refractivity contribution in [3.8, 4) is 10.6 Å². The fraction of sp³-hybridized carbons (Fsp3) is 0.222. The van der Waals surface area contributed by atoms with Crippen molar-refractivity contribution < 1.29 is 13.2 Å². The van der Waals surface area contributed by atoms with Crippen LogP contribution in [0.2, 0.25) is 0 Å². The van der Waals surface area contributed by atoms with Crippen molar-refractivity contribution in [2.75, 3.05) is 11.9 Å². The Labute approximate surface area is 166 Å². The minimum absolute atomic E-state index is 0.0181. The second-order valence-electron chi connectivity index (χ2n) is 5.96. The molecule has 6 nitrogen and oxygen atoms in total. The Hall–Kier alpha value is -2.07. The van der Waals surface area contributed by atoms with Crippen molar-refractivity contribution >= 4 is 43.7 Å². The smallest absolute Gasteiger partial charge is 0.240 e. The van der Waals surface area contributed by atoms with Gasteiger partial charge in [-0.1, -0.05) is 12.1 Å². The van der Waals surface area contributed by atoms with Crippen LogP contribution in [0.3, 0.4) is 0 Å². The molecule has 2 aromatic heterocycles. The number of benzene rings is 1. The van der Waals surface area contributed by atoms with E-state index in [1.54, 1.807) is 29.5 Å². The highest BCUT2D eigenvalue weighted by Crippen LogP contribution is 2.28. The van der Waals surface area contributed by atoms with Crippen molar-refractivity contribution in [3.05, 3.63) is 52.2 Å². The normalized spacial score (nSPS) is 11.5. The summed E-state index contributed by atoms with van der Waals surface area (Å²) in [5, 5.41) is 7.05. The number of thiophene rings is 1. The van der Waals surface area contributed by atoms with Gasteiger partial charge in [-0.2, -0.15) is 0 Å². The third-order valence-corrected chi connectivity index (χ3v) is 7.07. The summed E-state index contributed by atoms with van der Waals surface area (Å²) in [6.07, 6.45) is 0.0258. The molecule has 1 amide bonds. The van der Waals surface area contributed by atoms with Crippen LogP contribution in [0.4, 0.5) is 5.13 Å². The molecule has 0 saturated heterocycles. The number of aryl methyl sites for hydroxylation is 2. The molecule has 0 unspecified atom stereocenters. The number of rotatable bonds is 7. The van der Waals surface area contributed by atoms with E-state index >= 15 is 0 Å². The summed E-state index contributed by atoms with van der Waals surface area (Å²) >= 11 is 2.92. The van der Waals surface area contributed by atoms with Gasteiger partial charge in [-0.25, -0.2) is 18.1 Å². The van der Waals surface area contributed by atoms with Gasteiger partial charge >= 0.3 is 0 Å². The molecule has 0 atom stereocenters. The standard InChI is InChI=1S/C18H19N3O3S3/c1-12-5-6-14(10-13(12)2)27(23,24)19-8-7-17(22)21-18-20-15(11-26-18)16-4-3-9-25-16/h3-6,9-11,19H,7-8H2,1-2H3,(H,20,21,22). The van der Waals surface area contributed by atoms with Crippen molar-refractivity contribution in [2.45, 2.75) is 25.2 Å². The molecule has 3 rings (SSSR count). The maximum absolute atomic E-state index is 12.3. The average Bonchev–Trinajstić information content (AvgIpc) is 3.28. The van der Waals surface area contributed by atoms with Crippen molar-refractivity contribution in [1.29, 1.82) is 0 Å². The highest BCUT2D eigenvalue weighted by Gasteiger charge is 2.15. The van der Waals surface area contributed by atoms with Gasteiger partial charge in [-0.3, -0.25) is 4.79 Å². The second kappa shape index (κ2) is 8.30. The highest BCUT2D eigenvalue weighted by atomic mass is 32.2. The van der Waals surface area contributed by atoms with E-state index < -0.39 is 10.0 Å². The van der Waals surface area contributed by atoms with Gasteiger partial charge in [0, 0.05) is 18.3 Å². The van der Waals surface area contributed by atoms with Gasteiger partial charge in [-0.15, -0.1) is 22.7 Å². The van der Waals surface area contributed by atoms with Crippen LogP contribution in [-0.2, 0) is 14.8 Å². The van der Waals surface area contributed by atoms with E-state index in [1.807, 2.05) is 36.7 Å². The van der Waals surface area contributed by atoms with E-state index in [1.165, 1.54) is 11.3 Å². The first-order valence-electron chi connectivity index (χ1n) is 8.21. The fourth-order valence-corrected chi connectivity index (χ4v) is 4.92. The molecule has 2 N–H and O–H groups in total. The topological polar surface area (TPSA) is 88.2 Å². The van der Waals surface area contributed by atoms with Gasteiger partial charge in [0.2, 0.25) is 15.9 Å². The number of nitrogens with zero attached hydrogens (tertiary/aromatic N) is 1. The summed E-state index contributed by atoms with van der Waals surface area (Å²) in [6, 6.07) is 8.86. The molecule has 0 spiro atoms. The Bertz CT molecular complexity index is 1040. The van der Waals surface area contributed by atoms with E-state index in [9.17, 15) is 13.2 Å². The average molecular weight is 422 g/mol. The number of hydrogen-bond donors (Lipinski definition) is 2. The quantitative estimate of drug-likeness (QED) is 0.607. The van der Waals surface area contributed by atoms with Crippen LogP contribution in [0.15, 0.2) is 46.0 Å². The summed E-state index contributed by atoms with van der Waals surface area (Å²) in [5.41, 5.74) is 2.75. The predicted molar refractivity (Wildman–Crippen MR) is 110 cm³/mol. The molecule has 0 bridgehead atoms. The number of carbonyl (C=O) groups is 1. The van der Waals surface area contributed by atoms with Gasteiger partial charge in [0.1, 0.15) is 0 Å². The zero-order chi connectivity index (χ0) is 19.4. The minimum Gasteiger partial charge on any atom is -0.302 e. The molecule has 0 aliphatic heterocycles. The highest BCUT2D eigenvalue weighted by molar-refractivity contribution is 7.89. The largest absolute Gasteiger partial charge is 0.302 e. The molecular formula is C18H19N3O3S3. The third-order valence-electron chi connectivity index (χ3n) is 3.96. The number of hydrogen-bond acceptors (Lipinski definition) is 6. The van der Waals surface area contributed by atoms with Crippen molar-refractivity contribution in [1.82, 2.24) is 9.71 Å². The predicted octanol–water partition coefficient (Wildman–Crippen LogP) is 3.80. The first-order chi connectivity index (χ1) is 12.8. The molecule has 2 heterocycles. The van der Waals surface area contributed by atoms with E-state index in [-0.39, 0.29) is 23.8 Å². The SMILES string of the molecule is Cc1ccc(S(=O)(=O)NCCC(=O)Nc2nc(-c3cccs3)cs2)cc1C. The minimum atomic E-state index is -3.64. The first kappa shape index (κ1) is 19.7. The lowest BCUT2D eigenvalue weighted by Gasteiger charge is -2.08. The molecule has 0 aliphatic rings. The number of anilines is 1. The van der Waals surface area contributed by atoms with E-state index in [2.05, 4.69) is 15.0 Å². The van der Waals surface area contributed by atoms with Crippen molar-refractivity contribution in [2.24, 2.45) is 0 Å². The Morgan fingerprint density at radius 1 is 1.15 bits per heavy atom. The number of sulfonamides is 1. The van der Waals surface area contributed by atoms with Gasteiger partial charge in [0.25, 0.3) is 0 Å². The molecule has 9 heteroatoms. The van der Waals surface area contributed by atoms with Crippen LogP contribution in [0.25, 0.3) is 10.6 Å². The summed E-state index contributed by atoms with van der Waals surface area (Å²) < 4.78 is 27.1. The molecule has 142 valence electrons. The zero-order valence-electron chi connectivity index (χ0n) is 14.9. The van der Waals surface area contributed by atoms with Crippen LogP contribution in [0.5, 0.6) is 0 Å². The molecule has 0 radical (unpaired) electrons. The number of carbonyl (C=O) groups excluding carboxylic acids is 1. The van der Waals surface area contributed by atoms with Crippen LogP contribution in [0, 0.1) is 13.8 Å². The monoisotopic (exact) mass is 421 g/mol. The lowest BCUT2D eigenvalue weighted by molar-refractivity contribution is -0.116. The maximum Gasteiger partial charge on any atom is 0.240 e. The lowest BCUT2D eigenvalue weighted by Crippen LogP contribution is -2.28. The molecule has 3 aromatic rings. The number of amides is 1. The van der Waals surface area contributed by atoms with Gasteiger partial charge in [-0.05, 0) is 48.6 Å². The van der Waals surface area contributed by atoms with E-state index in [4.69, 9.17) is 0 Å². The third kappa shape index (κ3) is 5.01. The summed E-state index contributed by atoms with van der Waals surface area (Å²) in [4.78, 5) is 17.7. The fourth-order valence-electron chi connectivity index (χ4n) is 2.31. The van der Waals surface area contributed by atoms with Crippen LogP contribution in [-0.4, -0.2) is 25.9 Å². The number of thiazole rings is 1. The van der Waals surface area contributed by atoms with Crippen LogP contribution in [0.1, 0.15) is 17.5 Å². The number of aromatic nitrogens is 1. The van der Waals surface area contributed by atoms with Gasteiger partial charge in [0.15, 0.2) is 5.13 Å². The Morgan fingerprint density at radius 3 is 2.67 bits per heavy atom. The van der Waals surface area contributed by atoms with E-state index in [0.717, 1.165) is 21.7 Å². The lowest BCUT2D eigenvalue weighted by atomic mass is 10.1. The van der Waals surface area contributed by atoms with Gasteiger partial charge < -0.3 is 5.32 Å². The summed E-state index contributed by atoms with van der Waals surface area (Å²) in [6.45, 7) is 3.80. The molecule has 0 aliphatic carbocycles. The van der Waals surface area contributed by atoms with E-state index in [0.29, 0.717) is 5.13 Å². The Morgan fingerprint density at radius 2 is 1.96 bits per heavy atom. The molecule has 0 saturated carbocycles. The summed E-state index contributed by atoms with van der Waals surface area (Å²) in [5.74, 6) is -0.287. The molecule has 0 fully saturated rings. The van der Waals surface area contributed by atoms with Gasteiger partial charge in [0.05, 0.1) is 15.5 Å². The molecule has 1 aromatic carbocycles. The second-order valence-corrected chi connectivity index (χ2v) is 9.53. The molecule has 27 heavy (non-hydrogen) atoms. The van der Waals surface area contributed by atoms with Crippen LogP contribution >= 0.6 is 22.7 Å². The summed E-state index contributed by atoms with van der Waals surface area (Å²) in [7, 11) is -3.64. The Balaban J connectivity index is 1.52. The maximum atomic E-state index is 12.3. The number of nitrogens with one attached hydrogen (secondary N) is 2. The van der Waals surface area contributed by atoms with Crippen LogP contribution < -0.4 is 10.0 Å². The van der Waals surface area contributed by atoms with Crippen molar-refractivity contribution in [3.63, 3.8) is 0 Å². The zero-order valence-corrected chi connectivity index (χ0v) is 17.3. The molecular weight excluding hydrogens is 402 g/mol.